The van der Waals surface area contributed by atoms with Crippen LogP contribution in [0.2, 0.25) is 0 Å². The van der Waals surface area contributed by atoms with Crippen LogP contribution in [-0.4, -0.2) is 19.0 Å². The van der Waals surface area contributed by atoms with E-state index in [1.54, 1.807) is 18.4 Å². The van der Waals surface area contributed by atoms with E-state index >= 15 is 0 Å². The Morgan fingerprint density at radius 1 is 1.47 bits per heavy atom. The summed E-state index contributed by atoms with van der Waals surface area (Å²) in [4.78, 5) is 11.5. The maximum absolute atomic E-state index is 11.5. The Labute approximate surface area is 104 Å². The summed E-state index contributed by atoms with van der Waals surface area (Å²) in [5, 5.41) is 3.25. The van der Waals surface area contributed by atoms with Gasteiger partial charge in [-0.3, -0.25) is 10.2 Å². The molecule has 1 aromatic heterocycles. The van der Waals surface area contributed by atoms with Gasteiger partial charge in [-0.05, 0) is 28.8 Å². The van der Waals surface area contributed by atoms with E-state index in [1.807, 2.05) is 12.1 Å². The summed E-state index contributed by atoms with van der Waals surface area (Å²) >= 11 is 1.68. The molecule has 1 unspecified atom stereocenters. The smallest absolute Gasteiger partial charge is 0.251 e. The fraction of sp³-hybridized carbons (Fsp3) is 0.250. The lowest BCUT2D eigenvalue weighted by Gasteiger charge is -2.10. The molecule has 1 amide bonds. The molecular weight excluding hydrogens is 234 g/mol. The molecule has 1 atom stereocenters. The van der Waals surface area contributed by atoms with Crippen molar-refractivity contribution in [2.24, 2.45) is 5.73 Å². The zero-order chi connectivity index (χ0) is 12.3. The lowest BCUT2D eigenvalue weighted by atomic mass is 10.1. The van der Waals surface area contributed by atoms with Crippen molar-refractivity contribution < 1.29 is 4.79 Å². The van der Waals surface area contributed by atoms with Gasteiger partial charge in [-0.15, -0.1) is 11.3 Å². The fourth-order valence-corrected chi connectivity index (χ4v) is 2.71. The van der Waals surface area contributed by atoms with Crippen LogP contribution in [0.15, 0.2) is 29.6 Å². The van der Waals surface area contributed by atoms with Crippen LogP contribution in [-0.2, 0) is 11.2 Å². The number of rotatable bonds is 4. The molecule has 0 saturated heterocycles. The number of fused-ring (bicyclic) bond motifs is 1. The number of nitrogens with two attached hydrogens (primary N) is 1. The van der Waals surface area contributed by atoms with Gasteiger partial charge in [-0.2, -0.15) is 0 Å². The molecule has 0 fully saturated rings. The summed E-state index contributed by atoms with van der Waals surface area (Å²) in [5.41, 5.74) is 12.1. The Hall–Kier alpha value is -1.43. The number of amides is 1. The van der Waals surface area contributed by atoms with Crippen LogP contribution in [0.3, 0.4) is 0 Å². The molecule has 1 heterocycles. The van der Waals surface area contributed by atoms with Crippen molar-refractivity contribution in [1.82, 2.24) is 10.9 Å². The van der Waals surface area contributed by atoms with Gasteiger partial charge in [0.15, 0.2) is 0 Å². The highest BCUT2D eigenvalue weighted by Crippen LogP contribution is 2.26. The van der Waals surface area contributed by atoms with Crippen LogP contribution in [0.5, 0.6) is 0 Å². The molecule has 90 valence electrons. The SMILES string of the molecule is CNNC(=O)C(N)Cc1csc2ccccc12. The Bertz CT molecular complexity index is 523. The largest absolute Gasteiger partial charge is 0.320 e. The Morgan fingerprint density at radius 3 is 3.00 bits per heavy atom. The summed E-state index contributed by atoms with van der Waals surface area (Å²) < 4.78 is 1.23. The third-order valence-electron chi connectivity index (χ3n) is 2.59. The standard InChI is InChI=1S/C12H15N3OS/c1-14-15-12(16)10(13)6-8-7-17-11-5-3-2-4-9(8)11/h2-5,7,10,14H,6,13H2,1H3,(H,15,16). The molecule has 0 aliphatic rings. The molecule has 0 bridgehead atoms. The molecule has 0 aliphatic carbocycles. The first-order valence-electron chi connectivity index (χ1n) is 5.39. The molecule has 0 spiro atoms. The third-order valence-corrected chi connectivity index (χ3v) is 3.60. The van der Waals surface area contributed by atoms with E-state index in [0.717, 1.165) is 5.56 Å². The minimum absolute atomic E-state index is 0.192. The van der Waals surface area contributed by atoms with Crippen molar-refractivity contribution in [3.63, 3.8) is 0 Å². The predicted molar refractivity (Wildman–Crippen MR) is 70.7 cm³/mol. The quantitative estimate of drug-likeness (QED) is 0.709. The van der Waals surface area contributed by atoms with E-state index < -0.39 is 6.04 Å². The zero-order valence-corrected chi connectivity index (χ0v) is 10.4. The second kappa shape index (κ2) is 5.27. The number of nitrogens with one attached hydrogen (secondary N) is 2. The Morgan fingerprint density at radius 2 is 2.24 bits per heavy atom. The fourth-order valence-electron chi connectivity index (χ4n) is 1.74. The van der Waals surface area contributed by atoms with Crippen LogP contribution < -0.4 is 16.6 Å². The lowest BCUT2D eigenvalue weighted by molar-refractivity contribution is -0.123. The monoisotopic (exact) mass is 249 g/mol. The summed E-state index contributed by atoms with van der Waals surface area (Å²) in [6, 6.07) is 7.61. The lowest BCUT2D eigenvalue weighted by Crippen LogP contribution is -2.46. The molecule has 4 N–H and O–H groups in total. The summed E-state index contributed by atoms with van der Waals surface area (Å²) in [6.07, 6.45) is 0.553. The van der Waals surface area contributed by atoms with E-state index in [4.69, 9.17) is 5.73 Å². The minimum Gasteiger partial charge on any atom is -0.320 e. The molecule has 2 aromatic rings. The van der Waals surface area contributed by atoms with E-state index in [2.05, 4.69) is 28.4 Å². The zero-order valence-electron chi connectivity index (χ0n) is 9.57. The number of benzene rings is 1. The van der Waals surface area contributed by atoms with E-state index in [9.17, 15) is 4.79 Å². The number of thiophene rings is 1. The molecular formula is C12H15N3OS. The third kappa shape index (κ3) is 2.63. The van der Waals surface area contributed by atoms with E-state index in [0.29, 0.717) is 6.42 Å². The maximum Gasteiger partial charge on any atom is 0.251 e. The number of carbonyl (C=O) groups is 1. The highest BCUT2D eigenvalue weighted by atomic mass is 32.1. The van der Waals surface area contributed by atoms with Crippen molar-refractivity contribution in [3.05, 3.63) is 35.2 Å². The molecule has 0 saturated carbocycles. The number of hydrogen-bond acceptors (Lipinski definition) is 4. The molecule has 2 rings (SSSR count). The summed E-state index contributed by atoms with van der Waals surface area (Å²) in [6.45, 7) is 0. The van der Waals surface area contributed by atoms with Gasteiger partial charge in [0.1, 0.15) is 0 Å². The molecule has 17 heavy (non-hydrogen) atoms. The van der Waals surface area contributed by atoms with Crippen molar-refractivity contribution in [1.29, 1.82) is 0 Å². The van der Waals surface area contributed by atoms with Gasteiger partial charge in [0.05, 0.1) is 6.04 Å². The van der Waals surface area contributed by atoms with Crippen LogP contribution in [0, 0.1) is 0 Å². The van der Waals surface area contributed by atoms with Gasteiger partial charge >= 0.3 is 0 Å². The van der Waals surface area contributed by atoms with Gasteiger partial charge in [0.25, 0.3) is 5.91 Å². The first-order valence-corrected chi connectivity index (χ1v) is 6.27. The average molecular weight is 249 g/mol. The van der Waals surface area contributed by atoms with Crippen LogP contribution in [0.1, 0.15) is 5.56 Å². The van der Waals surface area contributed by atoms with Crippen molar-refractivity contribution in [3.8, 4) is 0 Å². The number of hydrazine groups is 1. The highest BCUT2D eigenvalue weighted by Gasteiger charge is 2.15. The number of hydrogen-bond donors (Lipinski definition) is 3. The molecule has 5 heteroatoms. The van der Waals surface area contributed by atoms with Crippen LogP contribution >= 0.6 is 11.3 Å². The first-order chi connectivity index (χ1) is 8.22. The highest BCUT2D eigenvalue weighted by molar-refractivity contribution is 7.17. The number of carbonyl (C=O) groups excluding carboxylic acids is 1. The first kappa shape index (κ1) is 12.0. The van der Waals surface area contributed by atoms with Crippen LogP contribution in [0.25, 0.3) is 10.1 Å². The topological polar surface area (TPSA) is 67.1 Å². The van der Waals surface area contributed by atoms with Crippen molar-refractivity contribution in [2.45, 2.75) is 12.5 Å². The van der Waals surface area contributed by atoms with Gasteiger partial charge < -0.3 is 5.73 Å². The van der Waals surface area contributed by atoms with E-state index in [1.165, 1.54) is 10.1 Å². The molecule has 0 aliphatic heterocycles. The van der Waals surface area contributed by atoms with E-state index in [-0.39, 0.29) is 5.91 Å². The Balaban J connectivity index is 2.16. The predicted octanol–water partition coefficient (Wildman–Crippen LogP) is 1.02. The maximum atomic E-state index is 11.5. The minimum atomic E-state index is -0.527. The molecule has 4 nitrogen and oxygen atoms in total. The normalized spacial score (nSPS) is 12.6. The van der Waals surface area contributed by atoms with Crippen LogP contribution in [0.4, 0.5) is 0 Å². The average Bonchev–Trinajstić information content (AvgIpc) is 2.73. The second-order valence-corrected chi connectivity index (χ2v) is 4.72. The van der Waals surface area contributed by atoms with Gasteiger partial charge in [-0.1, -0.05) is 18.2 Å². The van der Waals surface area contributed by atoms with Gasteiger partial charge in [0, 0.05) is 11.7 Å². The Kier molecular flexibility index (Phi) is 3.73. The van der Waals surface area contributed by atoms with Gasteiger partial charge in [-0.25, -0.2) is 5.43 Å². The van der Waals surface area contributed by atoms with Gasteiger partial charge in [0.2, 0.25) is 0 Å². The van der Waals surface area contributed by atoms with Crippen molar-refractivity contribution >= 4 is 27.3 Å². The summed E-state index contributed by atoms with van der Waals surface area (Å²) in [7, 11) is 1.64. The molecule has 0 radical (unpaired) electrons. The molecule has 1 aromatic carbocycles. The van der Waals surface area contributed by atoms with Crippen molar-refractivity contribution in [2.75, 3.05) is 7.05 Å². The second-order valence-electron chi connectivity index (χ2n) is 3.81. The summed E-state index contributed by atoms with van der Waals surface area (Å²) in [5.74, 6) is -0.192.